The van der Waals surface area contributed by atoms with Crippen LogP contribution in [0.2, 0.25) is 0 Å². The lowest BCUT2D eigenvalue weighted by molar-refractivity contribution is -0.114. The van der Waals surface area contributed by atoms with Crippen molar-refractivity contribution in [3.8, 4) is 5.88 Å². The van der Waals surface area contributed by atoms with E-state index in [4.69, 9.17) is 14.5 Å². The third-order valence-corrected chi connectivity index (χ3v) is 6.56. The Morgan fingerprint density at radius 2 is 2.10 bits per heavy atom. The van der Waals surface area contributed by atoms with Crippen LogP contribution < -0.4 is 15.0 Å². The van der Waals surface area contributed by atoms with Crippen LogP contribution in [0.5, 0.6) is 5.88 Å². The molecule has 1 aliphatic heterocycles. The Kier molecular flexibility index (Phi) is 4.65. The van der Waals surface area contributed by atoms with E-state index in [1.807, 2.05) is 18.3 Å². The molecule has 5 rings (SSSR count). The third-order valence-electron chi connectivity index (χ3n) is 6.56. The number of pyridine rings is 2. The fourth-order valence-electron chi connectivity index (χ4n) is 4.62. The highest BCUT2D eigenvalue weighted by atomic mass is 16.5. The molecular weight excluding hydrogens is 380 g/mol. The fourth-order valence-corrected chi connectivity index (χ4v) is 4.62. The summed E-state index contributed by atoms with van der Waals surface area (Å²) in [7, 11) is 1.77. The Labute approximate surface area is 176 Å². The number of methoxy groups -OCH3 is 1. The summed E-state index contributed by atoms with van der Waals surface area (Å²) in [5, 5.41) is 2.80. The van der Waals surface area contributed by atoms with Gasteiger partial charge in [-0.15, -0.1) is 0 Å². The number of fused-ring (bicyclic) bond motifs is 2. The van der Waals surface area contributed by atoms with Crippen molar-refractivity contribution in [3.63, 3.8) is 0 Å². The van der Waals surface area contributed by atoms with Crippen molar-refractivity contribution in [2.24, 2.45) is 5.92 Å². The predicted octanol–water partition coefficient (Wildman–Crippen LogP) is 3.73. The van der Waals surface area contributed by atoms with E-state index in [-0.39, 0.29) is 11.3 Å². The summed E-state index contributed by atoms with van der Waals surface area (Å²) < 4.78 is 11.4. The second-order valence-electron chi connectivity index (χ2n) is 8.98. The van der Waals surface area contributed by atoms with Gasteiger partial charge in [0.2, 0.25) is 11.8 Å². The van der Waals surface area contributed by atoms with Crippen LogP contribution in [0.25, 0.3) is 0 Å². The average molecular weight is 409 g/mol. The van der Waals surface area contributed by atoms with Gasteiger partial charge in [-0.2, -0.15) is 4.98 Å². The summed E-state index contributed by atoms with van der Waals surface area (Å²) in [5.41, 5.74) is 3.62. The molecule has 3 heterocycles. The number of ether oxygens (including phenoxy) is 2. The molecule has 1 amide bonds. The molecule has 2 fully saturated rings. The van der Waals surface area contributed by atoms with Gasteiger partial charge in [-0.1, -0.05) is 0 Å². The minimum absolute atomic E-state index is 0.121. The van der Waals surface area contributed by atoms with Crippen molar-refractivity contribution in [3.05, 3.63) is 35.5 Å². The monoisotopic (exact) mass is 408 g/mol. The number of nitrogens with one attached hydrogen (secondary N) is 1. The molecule has 30 heavy (non-hydrogen) atoms. The van der Waals surface area contributed by atoms with Crippen LogP contribution in [0.15, 0.2) is 24.4 Å². The molecular formula is C23H28N4O3. The maximum atomic E-state index is 11.5. The number of aromatic nitrogens is 2. The summed E-state index contributed by atoms with van der Waals surface area (Å²) in [6.45, 7) is 5.13. The van der Waals surface area contributed by atoms with E-state index < -0.39 is 0 Å². The van der Waals surface area contributed by atoms with Crippen LogP contribution in [0.4, 0.5) is 17.3 Å². The highest BCUT2D eigenvalue weighted by Crippen LogP contribution is 2.58. The third kappa shape index (κ3) is 3.51. The lowest BCUT2D eigenvalue weighted by Crippen LogP contribution is -2.34. The summed E-state index contributed by atoms with van der Waals surface area (Å²) in [6.07, 6.45) is 6.72. The summed E-state index contributed by atoms with van der Waals surface area (Å²) in [6, 6.07) is 6.06. The number of anilines is 3. The zero-order valence-corrected chi connectivity index (χ0v) is 17.8. The summed E-state index contributed by atoms with van der Waals surface area (Å²) in [4.78, 5) is 23.0. The van der Waals surface area contributed by atoms with Gasteiger partial charge in [0.05, 0.1) is 18.4 Å². The normalized spacial score (nSPS) is 23.1. The first-order valence-electron chi connectivity index (χ1n) is 10.7. The first-order chi connectivity index (χ1) is 14.5. The number of hydrogen-bond acceptors (Lipinski definition) is 6. The Morgan fingerprint density at radius 1 is 1.30 bits per heavy atom. The molecule has 2 saturated carbocycles. The zero-order valence-electron chi connectivity index (χ0n) is 17.8. The van der Waals surface area contributed by atoms with Gasteiger partial charge in [-0.25, -0.2) is 4.98 Å². The van der Waals surface area contributed by atoms with Crippen LogP contribution >= 0.6 is 0 Å². The molecule has 0 bridgehead atoms. The maximum Gasteiger partial charge on any atom is 0.222 e. The largest absolute Gasteiger partial charge is 0.477 e. The summed E-state index contributed by atoms with van der Waals surface area (Å²) in [5.74, 6) is 2.54. The molecule has 1 spiro atoms. The number of aryl methyl sites for hydroxylation is 1. The van der Waals surface area contributed by atoms with Gasteiger partial charge in [0, 0.05) is 49.9 Å². The number of amides is 1. The molecule has 2 aliphatic carbocycles. The molecule has 0 saturated heterocycles. The van der Waals surface area contributed by atoms with Gasteiger partial charge >= 0.3 is 0 Å². The van der Waals surface area contributed by atoms with Crippen molar-refractivity contribution in [1.82, 2.24) is 9.97 Å². The van der Waals surface area contributed by atoms with E-state index in [1.165, 1.54) is 12.5 Å². The molecule has 158 valence electrons. The molecule has 1 N–H and O–H groups in total. The number of carbonyl (C=O) groups is 1. The second kappa shape index (κ2) is 7.23. The van der Waals surface area contributed by atoms with Gasteiger partial charge in [-0.05, 0) is 50.2 Å². The highest BCUT2D eigenvalue weighted by molar-refractivity contribution is 5.89. The van der Waals surface area contributed by atoms with E-state index >= 15 is 0 Å². The van der Waals surface area contributed by atoms with Crippen molar-refractivity contribution in [2.45, 2.75) is 51.0 Å². The minimum atomic E-state index is -0.121. The van der Waals surface area contributed by atoms with Gasteiger partial charge in [0.25, 0.3) is 0 Å². The van der Waals surface area contributed by atoms with Crippen LogP contribution in [-0.2, 0) is 14.9 Å². The van der Waals surface area contributed by atoms with Crippen LogP contribution in [0.1, 0.15) is 43.7 Å². The Hall–Kier alpha value is -2.67. The lowest BCUT2D eigenvalue weighted by atomic mass is 9.83. The van der Waals surface area contributed by atoms with Crippen molar-refractivity contribution >= 4 is 23.2 Å². The maximum absolute atomic E-state index is 11.5. The van der Waals surface area contributed by atoms with Crippen LogP contribution in [0.3, 0.4) is 0 Å². The number of nitrogens with zero attached hydrogens (tertiary/aromatic N) is 3. The van der Waals surface area contributed by atoms with Gasteiger partial charge in [-0.3, -0.25) is 4.79 Å². The molecule has 3 aliphatic rings. The molecule has 0 atom stereocenters. The number of hydrogen-bond donors (Lipinski definition) is 1. The van der Waals surface area contributed by atoms with E-state index in [9.17, 15) is 4.79 Å². The molecule has 0 aromatic carbocycles. The average Bonchev–Trinajstić information content (AvgIpc) is 3.37. The van der Waals surface area contributed by atoms with Gasteiger partial charge in [0.1, 0.15) is 11.6 Å². The quantitative estimate of drug-likeness (QED) is 0.785. The Morgan fingerprint density at radius 3 is 2.80 bits per heavy atom. The molecule has 7 nitrogen and oxygen atoms in total. The Bertz CT molecular complexity index is 982. The topological polar surface area (TPSA) is 76.6 Å². The molecule has 0 radical (unpaired) electrons. The van der Waals surface area contributed by atoms with E-state index in [0.29, 0.717) is 30.3 Å². The number of rotatable bonds is 6. The van der Waals surface area contributed by atoms with Crippen molar-refractivity contribution in [2.75, 3.05) is 30.5 Å². The molecule has 2 aromatic rings. The van der Waals surface area contributed by atoms with Crippen molar-refractivity contribution in [1.29, 1.82) is 0 Å². The standard InChI is InChI=1S/C23H28N4O3/c1-14-6-21(26-22(7-14)30-12-16-8-17(9-16)29-3)27-13-23(4-5-23)18-11-24-20(10-19(18)27)25-15(2)28/h6-7,10-11,16-17H,4-5,8-9,12-13H2,1-3H3,(H,24,25,28). The first-order valence-corrected chi connectivity index (χ1v) is 10.7. The smallest absolute Gasteiger partial charge is 0.222 e. The molecule has 2 aromatic heterocycles. The lowest BCUT2D eigenvalue weighted by Gasteiger charge is -2.33. The minimum Gasteiger partial charge on any atom is -0.477 e. The zero-order chi connectivity index (χ0) is 20.9. The van der Waals surface area contributed by atoms with E-state index in [0.717, 1.165) is 49.3 Å². The fraction of sp³-hybridized carbons (Fsp3) is 0.522. The predicted molar refractivity (Wildman–Crippen MR) is 114 cm³/mol. The first kappa shape index (κ1) is 19.3. The molecule has 7 heteroatoms. The van der Waals surface area contributed by atoms with Crippen LogP contribution in [-0.4, -0.2) is 42.2 Å². The van der Waals surface area contributed by atoms with Gasteiger partial charge < -0.3 is 19.7 Å². The highest BCUT2D eigenvalue weighted by Gasteiger charge is 2.52. The Balaban J connectivity index is 1.39. The van der Waals surface area contributed by atoms with E-state index in [1.54, 1.807) is 7.11 Å². The molecule has 0 unspecified atom stereocenters. The number of carbonyl (C=O) groups excluding carboxylic acids is 1. The van der Waals surface area contributed by atoms with E-state index in [2.05, 4.69) is 28.2 Å². The summed E-state index contributed by atoms with van der Waals surface area (Å²) >= 11 is 0. The van der Waals surface area contributed by atoms with Crippen molar-refractivity contribution < 1.29 is 14.3 Å². The SMILES string of the molecule is COC1CC(COc2cc(C)cc(N3CC4(CC4)c4cnc(NC(C)=O)cc43)n2)C1. The van der Waals surface area contributed by atoms with Crippen LogP contribution in [0, 0.1) is 12.8 Å². The second-order valence-corrected chi connectivity index (χ2v) is 8.98. The van der Waals surface area contributed by atoms with Gasteiger partial charge in [0.15, 0.2) is 0 Å².